The molecular formula is C5H9N3. The molecule has 0 bridgehead atoms. The van der Waals surface area contributed by atoms with Crippen molar-refractivity contribution in [3.05, 3.63) is 11.8 Å². The van der Waals surface area contributed by atoms with Gasteiger partial charge in [0, 0.05) is 5.71 Å². The third-order valence-corrected chi connectivity index (χ3v) is 0.850. The van der Waals surface area contributed by atoms with E-state index in [1.54, 1.807) is 13.8 Å². The van der Waals surface area contributed by atoms with E-state index >= 15 is 0 Å². The summed E-state index contributed by atoms with van der Waals surface area (Å²) in [5.74, 6) is 0. The van der Waals surface area contributed by atoms with E-state index in [-0.39, 0.29) is 0 Å². The second-order valence-electron chi connectivity index (χ2n) is 1.57. The maximum Gasteiger partial charge on any atom is 0.0535 e. The number of allylic oxidation sites excluding steroid dienone is 1. The van der Waals surface area contributed by atoms with Crippen LogP contribution in [-0.4, -0.2) is 5.71 Å². The molecule has 0 heterocycles. The Balaban J connectivity index is 3.99. The predicted octanol–water partition coefficient (Wildman–Crippen LogP) is 1.96. The molecule has 3 nitrogen and oxygen atoms in total. The first-order valence-corrected chi connectivity index (χ1v) is 2.27. The van der Waals surface area contributed by atoms with Crippen LogP contribution in [0.3, 0.4) is 0 Å². The van der Waals surface area contributed by atoms with Gasteiger partial charge in [0.1, 0.15) is 0 Å². The van der Waals surface area contributed by atoms with Crippen LogP contribution in [0.25, 0.3) is 0 Å². The van der Waals surface area contributed by atoms with Gasteiger partial charge in [0.05, 0.1) is 6.20 Å². The highest BCUT2D eigenvalue weighted by molar-refractivity contribution is 5.94. The molecule has 44 valence electrons. The molecule has 0 radical (unpaired) electrons. The Morgan fingerprint density at radius 2 is 2.00 bits per heavy atom. The molecule has 0 aliphatic heterocycles. The number of nitrogens with zero attached hydrogens (tertiary/aromatic N) is 1. The molecule has 0 aromatic heterocycles. The largest absolute Gasteiger partial charge is 0.305 e. The van der Waals surface area contributed by atoms with Crippen LogP contribution in [0.5, 0.6) is 0 Å². The topological polar surface area (TPSA) is 60.1 Å². The Labute approximate surface area is 48.4 Å². The minimum Gasteiger partial charge on any atom is -0.305 e. The second kappa shape index (κ2) is 3.07. The van der Waals surface area contributed by atoms with Crippen molar-refractivity contribution >= 4 is 5.71 Å². The van der Waals surface area contributed by atoms with Crippen molar-refractivity contribution in [2.24, 2.45) is 5.11 Å². The molecule has 0 amide bonds. The van der Waals surface area contributed by atoms with Crippen LogP contribution < -0.4 is 0 Å². The lowest BCUT2D eigenvalue weighted by Gasteiger charge is -1.89. The fraction of sp³-hybridized carbons (Fsp3) is 0.400. The smallest absolute Gasteiger partial charge is 0.0535 e. The molecule has 0 aliphatic carbocycles. The van der Waals surface area contributed by atoms with Crippen molar-refractivity contribution in [3.63, 3.8) is 0 Å². The Bertz CT molecular complexity index is 135. The van der Waals surface area contributed by atoms with Gasteiger partial charge in [0.25, 0.3) is 0 Å². The molecule has 0 saturated carbocycles. The van der Waals surface area contributed by atoms with E-state index in [0.29, 0.717) is 5.71 Å². The van der Waals surface area contributed by atoms with Gasteiger partial charge >= 0.3 is 0 Å². The summed E-state index contributed by atoms with van der Waals surface area (Å²) in [5, 5.41) is 10.00. The maximum atomic E-state index is 6.99. The Morgan fingerprint density at radius 1 is 1.50 bits per heavy atom. The molecule has 0 unspecified atom stereocenters. The lowest BCUT2D eigenvalue weighted by Crippen LogP contribution is -1.87. The maximum absolute atomic E-state index is 6.99. The zero-order valence-electron chi connectivity index (χ0n) is 5.02. The van der Waals surface area contributed by atoms with Gasteiger partial charge in [-0.3, -0.25) is 0 Å². The van der Waals surface area contributed by atoms with Crippen molar-refractivity contribution in [1.29, 1.82) is 10.9 Å². The molecular weight excluding hydrogens is 102 g/mol. The summed E-state index contributed by atoms with van der Waals surface area (Å²) < 4.78 is 0. The average Bonchev–Trinajstić information content (AvgIpc) is 1.67. The van der Waals surface area contributed by atoms with Gasteiger partial charge in [-0.05, 0) is 19.4 Å². The summed E-state index contributed by atoms with van der Waals surface area (Å²) in [5.41, 5.74) is 7.57. The number of hydrogen-bond acceptors (Lipinski definition) is 3. The van der Waals surface area contributed by atoms with Gasteiger partial charge in [-0.2, -0.15) is 5.11 Å². The van der Waals surface area contributed by atoms with Crippen LogP contribution >= 0.6 is 0 Å². The zero-order valence-corrected chi connectivity index (χ0v) is 5.02. The number of nitrogens with one attached hydrogen (secondary N) is 2. The highest BCUT2D eigenvalue weighted by Gasteiger charge is 1.86. The lowest BCUT2D eigenvalue weighted by atomic mass is 10.2. The standard InChI is InChI=1S/C5H9N3/c1-4(3-8-7)5(2)6/h3,6-7H,1-2H3/b4-3-,6-5?,8-7?. The minimum absolute atomic E-state index is 0.459. The van der Waals surface area contributed by atoms with Crippen molar-refractivity contribution in [2.45, 2.75) is 13.8 Å². The molecule has 3 heteroatoms. The van der Waals surface area contributed by atoms with E-state index in [4.69, 9.17) is 10.9 Å². The molecule has 0 atom stereocenters. The summed E-state index contributed by atoms with van der Waals surface area (Å²) >= 11 is 0. The predicted molar refractivity (Wildman–Crippen MR) is 32.3 cm³/mol. The Morgan fingerprint density at radius 3 is 2.12 bits per heavy atom. The van der Waals surface area contributed by atoms with E-state index in [1.807, 2.05) is 0 Å². The molecule has 8 heavy (non-hydrogen) atoms. The van der Waals surface area contributed by atoms with Gasteiger partial charge in [-0.1, -0.05) is 0 Å². The molecule has 0 spiro atoms. The van der Waals surface area contributed by atoms with E-state index < -0.39 is 0 Å². The van der Waals surface area contributed by atoms with Gasteiger partial charge < -0.3 is 5.41 Å². The van der Waals surface area contributed by atoms with E-state index in [0.717, 1.165) is 5.57 Å². The fourth-order valence-electron chi connectivity index (χ4n) is 0.194. The SMILES string of the molecule is CC(=N)/C(C)=C\N=N. The lowest BCUT2D eigenvalue weighted by molar-refractivity contribution is 1.13. The summed E-state index contributed by atoms with van der Waals surface area (Å²) in [4.78, 5) is 0. The molecule has 0 aliphatic rings. The number of hydrogen-bond donors (Lipinski definition) is 2. The molecule has 0 saturated heterocycles. The summed E-state index contributed by atoms with van der Waals surface area (Å²) in [7, 11) is 0. The Kier molecular flexibility index (Phi) is 2.69. The van der Waals surface area contributed by atoms with Crippen molar-refractivity contribution in [1.82, 2.24) is 0 Å². The Hall–Kier alpha value is -0.990. The highest BCUT2D eigenvalue weighted by Crippen LogP contribution is 1.92. The molecule has 0 fully saturated rings. The van der Waals surface area contributed by atoms with E-state index in [1.165, 1.54) is 6.20 Å². The van der Waals surface area contributed by atoms with Crippen LogP contribution in [0.15, 0.2) is 16.9 Å². The first kappa shape index (κ1) is 7.01. The zero-order chi connectivity index (χ0) is 6.57. The van der Waals surface area contributed by atoms with Gasteiger partial charge in [-0.15, -0.1) is 0 Å². The third kappa shape index (κ3) is 2.23. The van der Waals surface area contributed by atoms with Crippen LogP contribution in [0, 0.1) is 10.9 Å². The van der Waals surface area contributed by atoms with Crippen molar-refractivity contribution in [2.75, 3.05) is 0 Å². The first-order valence-electron chi connectivity index (χ1n) is 2.27. The minimum atomic E-state index is 0.459. The molecule has 0 aromatic rings. The van der Waals surface area contributed by atoms with Crippen molar-refractivity contribution in [3.8, 4) is 0 Å². The van der Waals surface area contributed by atoms with Crippen LogP contribution in [0.1, 0.15) is 13.8 Å². The van der Waals surface area contributed by atoms with Crippen molar-refractivity contribution < 1.29 is 0 Å². The molecule has 0 rings (SSSR count). The van der Waals surface area contributed by atoms with Crippen LogP contribution in [0.2, 0.25) is 0 Å². The molecule has 0 aromatic carbocycles. The van der Waals surface area contributed by atoms with Gasteiger partial charge in [0.2, 0.25) is 0 Å². The van der Waals surface area contributed by atoms with Gasteiger partial charge in [-0.25, -0.2) is 5.53 Å². The summed E-state index contributed by atoms with van der Waals surface area (Å²) in [6, 6.07) is 0. The molecule has 2 N–H and O–H groups in total. The van der Waals surface area contributed by atoms with Gasteiger partial charge in [0.15, 0.2) is 0 Å². The fourth-order valence-corrected chi connectivity index (χ4v) is 0.194. The van der Waals surface area contributed by atoms with E-state index in [9.17, 15) is 0 Å². The second-order valence-corrected chi connectivity index (χ2v) is 1.57. The average molecular weight is 111 g/mol. The quantitative estimate of drug-likeness (QED) is 0.404. The van der Waals surface area contributed by atoms with Crippen LogP contribution in [-0.2, 0) is 0 Å². The number of rotatable bonds is 2. The summed E-state index contributed by atoms with van der Waals surface area (Å²) in [6.07, 6.45) is 1.35. The summed E-state index contributed by atoms with van der Waals surface area (Å²) in [6.45, 7) is 3.41. The highest BCUT2D eigenvalue weighted by atomic mass is 14.9. The first-order chi connectivity index (χ1) is 3.68. The normalized spacial score (nSPS) is 11.0. The third-order valence-electron chi connectivity index (χ3n) is 0.850. The van der Waals surface area contributed by atoms with E-state index in [2.05, 4.69) is 5.11 Å². The monoisotopic (exact) mass is 111 g/mol. The van der Waals surface area contributed by atoms with Crippen LogP contribution in [0.4, 0.5) is 0 Å².